The van der Waals surface area contributed by atoms with Gasteiger partial charge in [-0.2, -0.15) is 0 Å². The summed E-state index contributed by atoms with van der Waals surface area (Å²) >= 11 is 0. The highest BCUT2D eigenvalue weighted by Crippen LogP contribution is 2.15. The van der Waals surface area contributed by atoms with Crippen LogP contribution in [-0.2, 0) is 22.6 Å². The zero-order chi connectivity index (χ0) is 18.2. The van der Waals surface area contributed by atoms with E-state index in [4.69, 9.17) is 15.6 Å². The molecular weight excluding hydrogens is 320 g/mol. The number of hydrogen-bond donors (Lipinski definition) is 3. The van der Waals surface area contributed by atoms with Crippen LogP contribution in [0.5, 0.6) is 5.75 Å². The fourth-order valence-corrected chi connectivity index (χ4v) is 2.19. The molecule has 0 saturated carbocycles. The Morgan fingerprint density at radius 3 is 2.32 bits per heavy atom. The smallest absolute Gasteiger partial charge is 0.325 e. The average molecular weight is 342 g/mol. The molecule has 6 heteroatoms. The standard InChI is InChI=1S/C19H22N2O4/c1-13(19(23)24)21-18(22)17(20)11-14-7-9-16(10-8-14)25-12-15-5-3-2-4-6-15/h2-10,13,17H,11-12,20H2,1H3,(H,21,22)(H,23,24)/t13-,17+/m1/s1. The highest BCUT2D eigenvalue weighted by Gasteiger charge is 2.19. The van der Waals surface area contributed by atoms with Gasteiger partial charge in [-0.3, -0.25) is 9.59 Å². The molecule has 0 heterocycles. The maximum atomic E-state index is 11.9. The van der Waals surface area contributed by atoms with Crippen LogP contribution in [0.25, 0.3) is 0 Å². The van der Waals surface area contributed by atoms with E-state index in [0.717, 1.165) is 16.9 Å². The lowest BCUT2D eigenvalue weighted by Gasteiger charge is -2.15. The molecule has 2 rings (SSSR count). The Bertz CT molecular complexity index is 701. The lowest BCUT2D eigenvalue weighted by Crippen LogP contribution is -2.48. The number of carboxylic acids is 1. The molecule has 0 fully saturated rings. The van der Waals surface area contributed by atoms with Gasteiger partial charge in [0, 0.05) is 0 Å². The second kappa shape index (κ2) is 8.84. The van der Waals surface area contributed by atoms with E-state index in [1.807, 2.05) is 54.6 Å². The minimum Gasteiger partial charge on any atom is -0.489 e. The summed E-state index contributed by atoms with van der Waals surface area (Å²) in [6, 6.07) is 15.4. The zero-order valence-electron chi connectivity index (χ0n) is 14.0. The highest BCUT2D eigenvalue weighted by atomic mass is 16.5. The number of aliphatic carboxylic acids is 1. The van der Waals surface area contributed by atoms with Crippen LogP contribution < -0.4 is 15.8 Å². The van der Waals surface area contributed by atoms with Gasteiger partial charge in [0.25, 0.3) is 0 Å². The van der Waals surface area contributed by atoms with Crippen molar-refractivity contribution in [3.05, 3.63) is 65.7 Å². The molecule has 2 aromatic carbocycles. The largest absolute Gasteiger partial charge is 0.489 e. The van der Waals surface area contributed by atoms with Crippen molar-refractivity contribution in [3.8, 4) is 5.75 Å². The van der Waals surface area contributed by atoms with E-state index in [1.165, 1.54) is 6.92 Å². The van der Waals surface area contributed by atoms with Crippen molar-refractivity contribution < 1.29 is 19.4 Å². The van der Waals surface area contributed by atoms with Crippen molar-refractivity contribution in [2.45, 2.75) is 32.0 Å². The summed E-state index contributed by atoms with van der Waals surface area (Å²) in [5.74, 6) is -0.857. The van der Waals surface area contributed by atoms with Crippen molar-refractivity contribution in [2.75, 3.05) is 0 Å². The molecule has 0 unspecified atom stereocenters. The third kappa shape index (κ3) is 5.93. The molecule has 0 aromatic heterocycles. The second-order valence-electron chi connectivity index (χ2n) is 5.80. The number of amides is 1. The summed E-state index contributed by atoms with van der Waals surface area (Å²) in [6.07, 6.45) is 0.317. The maximum absolute atomic E-state index is 11.9. The van der Waals surface area contributed by atoms with E-state index in [9.17, 15) is 9.59 Å². The third-order valence-electron chi connectivity index (χ3n) is 3.69. The molecule has 0 spiro atoms. The third-order valence-corrected chi connectivity index (χ3v) is 3.69. The van der Waals surface area contributed by atoms with Crippen LogP contribution in [0.1, 0.15) is 18.1 Å². The fourth-order valence-electron chi connectivity index (χ4n) is 2.19. The van der Waals surface area contributed by atoms with Crippen LogP contribution in [0.4, 0.5) is 0 Å². The van der Waals surface area contributed by atoms with Gasteiger partial charge in [-0.25, -0.2) is 0 Å². The maximum Gasteiger partial charge on any atom is 0.325 e. The van der Waals surface area contributed by atoms with Gasteiger partial charge < -0.3 is 20.9 Å². The predicted molar refractivity (Wildman–Crippen MR) is 94.1 cm³/mol. The Balaban J connectivity index is 1.85. The Labute approximate surface area is 146 Å². The van der Waals surface area contributed by atoms with Crippen molar-refractivity contribution >= 4 is 11.9 Å². The summed E-state index contributed by atoms with van der Waals surface area (Å²) in [4.78, 5) is 22.6. The minimum absolute atomic E-state index is 0.317. The van der Waals surface area contributed by atoms with Gasteiger partial charge >= 0.3 is 5.97 Å². The molecule has 2 atom stereocenters. The summed E-state index contributed by atoms with van der Waals surface area (Å²) in [6.45, 7) is 1.88. The first kappa shape index (κ1) is 18.5. The number of carboxylic acid groups (broad SMARTS) is 1. The Morgan fingerprint density at radius 1 is 1.08 bits per heavy atom. The number of ether oxygens (including phenoxy) is 1. The van der Waals surface area contributed by atoms with Gasteiger partial charge in [-0.05, 0) is 36.6 Å². The number of carbonyl (C=O) groups excluding carboxylic acids is 1. The second-order valence-corrected chi connectivity index (χ2v) is 5.80. The van der Waals surface area contributed by atoms with Crippen molar-refractivity contribution in [3.63, 3.8) is 0 Å². The van der Waals surface area contributed by atoms with Crippen LogP contribution in [0.2, 0.25) is 0 Å². The van der Waals surface area contributed by atoms with E-state index in [1.54, 1.807) is 0 Å². The van der Waals surface area contributed by atoms with Crippen molar-refractivity contribution in [1.82, 2.24) is 5.32 Å². The molecule has 0 aliphatic rings. The van der Waals surface area contributed by atoms with E-state index in [2.05, 4.69) is 5.32 Å². The Morgan fingerprint density at radius 2 is 1.72 bits per heavy atom. The molecule has 4 N–H and O–H groups in total. The van der Waals surface area contributed by atoms with E-state index < -0.39 is 24.0 Å². The van der Waals surface area contributed by atoms with Gasteiger partial charge in [-0.15, -0.1) is 0 Å². The molecule has 1 amide bonds. The van der Waals surface area contributed by atoms with Gasteiger partial charge in [0.2, 0.25) is 5.91 Å². The molecule has 0 bridgehead atoms. The highest BCUT2D eigenvalue weighted by molar-refractivity contribution is 5.86. The fraction of sp³-hybridized carbons (Fsp3) is 0.263. The molecule has 6 nitrogen and oxygen atoms in total. The summed E-state index contributed by atoms with van der Waals surface area (Å²) in [5.41, 5.74) is 7.79. The first-order valence-corrected chi connectivity index (χ1v) is 8.00. The van der Waals surface area contributed by atoms with Gasteiger partial charge in [-0.1, -0.05) is 42.5 Å². The quantitative estimate of drug-likeness (QED) is 0.678. The molecule has 0 saturated heterocycles. The molecule has 0 radical (unpaired) electrons. The summed E-state index contributed by atoms with van der Waals surface area (Å²) in [5, 5.41) is 11.2. The number of benzene rings is 2. The van der Waals surface area contributed by atoms with E-state index in [0.29, 0.717) is 13.0 Å². The monoisotopic (exact) mass is 342 g/mol. The van der Waals surface area contributed by atoms with E-state index >= 15 is 0 Å². The summed E-state index contributed by atoms with van der Waals surface area (Å²) in [7, 11) is 0. The topological polar surface area (TPSA) is 102 Å². The molecule has 132 valence electrons. The number of nitrogens with one attached hydrogen (secondary N) is 1. The Hall–Kier alpha value is -2.86. The van der Waals surface area contributed by atoms with Crippen LogP contribution in [-0.4, -0.2) is 29.1 Å². The zero-order valence-corrected chi connectivity index (χ0v) is 14.0. The molecule has 0 aliphatic heterocycles. The van der Waals surface area contributed by atoms with Crippen LogP contribution in [0.3, 0.4) is 0 Å². The number of carbonyl (C=O) groups is 2. The van der Waals surface area contributed by atoms with Gasteiger partial charge in [0.15, 0.2) is 0 Å². The number of rotatable bonds is 8. The molecule has 2 aromatic rings. The number of nitrogens with two attached hydrogens (primary N) is 1. The molecular formula is C19H22N2O4. The normalized spacial score (nSPS) is 12.9. The minimum atomic E-state index is -1.10. The average Bonchev–Trinajstić information content (AvgIpc) is 2.61. The van der Waals surface area contributed by atoms with Gasteiger partial charge in [0.05, 0.1) is 6.04 Å². The molecule has 25 heavy (non-hydrogen) atoms. The Kier molecular flexibility index (Phi) is 6.54. The van der Waals surface area contributed by atoms with Crippen molar-refractivity contribution in [1.29, 1.82) is 0 Å². The van der Waals surface area contributed by atoms with Crippen LogP contribution in [0, 0.1) is 0 Å². The first-order valence-electron chi connectivity index (χ1n) is 8.00. The number of hydrogen-bond acceptors (Lipinski definition) is 4. The summed E-state index contributed by atoms with van der Waals surface area (Å²) < 4.78 is 5.70. The first-order chi connectivity index (χ1) is 12.0. The SMILES string of the molecule is C[C@@H](NC(=O)[C@@H](N)Cc1ccc(OCc2ccccc2)cc1)C(=O)O. The predicted octanol–water partition coefficient (Wildman–Crippen LogP) is 1.72. The van der Waals surface area contributed by atoms with E-state index in [-0.39, 0.29) is 0 Å². The van der Waals surface area contributed by atoms with Crippen molar-refractivity contribution in [2.24, 2.45) is 5.73 Å². The lowest BCUT2D eigenvalue weighted by atomic mass is 10.1. The van der Waals surface area contributed by atoms with Gasteiger partial charge in [0.1, 0.15) is 18.4 Å². The lowest BCUT2D eigenvalue weighted by molar-refractivity contribution is -0.141. The van der Waals surface area contributed by atoms with Crippen LogP contribution in [0.15, 0.2) is 54.6 Å². The van der Waals surface area contributed by atoms with Crippen LogP contribution >= 0.6 is 0 Å². The molecule has 0 aliphatic carbocycles.